The molecule has 0 nitrogen and oxygen atoms in total. The normalized spacial score (nSPS) is 13.3. The second-order valence-electron chi connectivity index (χ2n) is 4.93. The van der Waals surface area contributed by atoms with Crippen LogP contribution in [0, 0.1) is 6.92 Å². The van der Waals surface area contributed by atoms with E-state index in [0.29, 0.717) is 0 Å². The van der Waals surface area contributed by atoms with Gasteiger partial charge < -0.3 is 0 Å². The SMILES string of the molecule is C1CCCCC1.Cc1ccccc1.c1ccccc1. The van der Waals surface area contributed by atoms with Gasteiger partial charge in [0.05, 0.1) is 0 Å². The second kappa shape index (κ2) is 11.5. The van der Waals surface area contributed by atoms with E-state index >= 15 is 0 Å². The van der Waals surface area contributed by atoms with Crippen LogP contribution in [-0.4, -0.2) is 0 Å². The molecule has 0 saturated heterocycles. The molecule has 0 spiro atoms. The summed E-state index contributed by atoms with van der Waals surface area (Å²) in [5.74, 6) is 0. The third-order valence-electron chi connectivity index (χ3n) is 3.11. The maximum absolute atomic E-state index is 2.08. The third-order valence-corrected chi connectivity index (χ3v) is 3.11. The molecule has 0 N–H and O–H groups in total. The summed E-state index contributed by atoms with van der Waals surface area (Å²) in [4.78, 5) is 0. The highest BCUT2D eigenvalue weighted by molar-refractivity contribution is 5.11. The van der Waals surface area contributed by atoms with Crippen molar-refractivity contribution in [3.63, 3.8) is 0 Å². The van der Waals surface area contributed by atoms with Crippen molar-refractivity contribution in [1.29, 1.82) is 0 Å². The van der Waals surface area contributed by atoms with Crippen LogP contribution in [0.3, 0.4) is 0 Å². The Hall–Kier alpha value is -1.56. The fourth-order valence-electron chi connectivity index (χ4n) is 1.98. The van der Waals surface area contributed by atoms with Gasteiger partial charge in [0.15, 0.2) is 0 Å². The Morgan fingerprint density at radius 1 is 0.474 bits per heavy atom. The van der Waals surface area contributed by atoms with Gasteiger partial charge in [-0.3, -0.25) is 0 Å². The van der Waals surface area contributed by atoms with Crippen LogP contribution >= 0.6 is 0 Å². The van der Waals surface area contributed by atoms with Crippen molar-refractivity contribution in [3.8, 4) is 0 Å². The Kier molecular flexibility index (Phi) is 9.40. The monoisotopic (exact) mass is 254 g/mol. The molecule has 1 saturated carbocycles. The molecule has 0 radical (unpaired) electrons. The van der Waals surface area contributed by atoms with Crippen molar-refractivity contribution in [2.75, 3.05) is 0 Å². The highest BCUT2D eigenvalue weighted by Crippen LogP contribution is 2.15. The first-order valence-corrected chi connectivity index (χ1v) is 7.41. The van der Waals surface area contributed by atoms with E-state index in [1.807, 2.05) is 54.6 Å². The highest BCUT2D eigenvalue weighted by Gasteiger charge is 1.95. The fourth-order valence-corrected chi connectivity index (χ4v) is 1.98. The van der Waals surface area contributed by atoms with Crippen molar-refractivity contribution < 1.29 is 0 Å². The predicted molar refractivity (Wildman–Crippen MR) is 85.3 cm³/mol. The first kappa shape index (κ1) is 15.5. The number of hydrogen-bond acceptors (Lipinski definition) is 0. The summed E-state index contributed by atoms with van der Waals surface area (Å²) in [5.41, 5.74) is 1.32. The maximum atomic E-state index is 2.08. The molecule has 0 aromatic heterocycles. The van der Waals surface area contributed by atoms with Crippen molar-refractivity contribution in [2.24, 2.45) is 0 Å². The minimum absolute atomic E-state index is 1.32. The van der Waals surface area contributed by atoms with Gasteiger partial charge in [-0.25, -0.2) is 0 Å². The molecule has 0 atom stereocenters. The molecule has 1 fully saturated rings. The lowest BCUT2D eigenvalue weighted by Crippen LogP contribution is -1.85. The third kappa shape index (κ3) is 10.1. The topological polar surface area (TPSA) is 0 Å². The molecule has 1 aliphatic carbocycles. The van der Waals surface area contributed by atoms with Crippen LogP contribution in [0.5, 0.6) is 0 Å². The number of benzene rings is 2. The molecule has 1 aliphatic rings. The first-order valence-electron chi connectivity index (χ1n) is 7.41. The summed E-state index contributed by atoms with van der Waals surface area (Å²) in [6.45, 7) is 2.08. The van der Waals surface area contributed by atoms with Gasteiger partial charge in [-0.1, -0.05) is 111 Å². The zero-order valence-corrected chi connectivity index (χ0v) is 12.1. The fraction of sp³-hybridized carbons (Fsp3) is 0.368. The van der Waals surface area contributed by atoms with Gasteiger partial charge in [0.1, 0.15) is 0 Å². The average molecular weight is 254 g/mol. The molecule has 2 aromatic carbocycles. The zero-order chi connectivity index (χ0) is 13.6. The van der Waals surface area contributed by atoms with Gasteiger partial charge in [-0.15, -0.1) is 0 Å². The van der Waals surface area contributed by atoms with Crippen LogP contribution in [0.25, 0.3) is 0 Å². The van der Waals surface area contributed by atoms with E-state index in [2.05, 4.69) is 19.1 Å². The number of aryl methyl sites for hydroxylation is 1. The van der Waals surface area contributed by atoms with Crippen LogP contribution in [0.4, 0.5) is 0 Å². The molecule has 0 unspecified atom stereocenters. The lowest BCUT2D eigenvalue weighted by molar-refractivity contribution is 0.504. The summed E-state index contributed by atoms with van der Waals surface area (Å²) in [6, 6.07) is 22.3. The van der Waals surface area contributed by atoms with Crippen LogP contribution in [0.15, 0.2) is 66.7 Å². The second-order valence-corrected chi connectivity index (χ2v) is 4.93. The molecule has 102 valence electrons. The first-order chi connectivity index (χ1) is 9.39. The van der Waals surface area contributed by atoms with E-state index in [9.17, 15) is 0 Å². The van der Waals surface area contributed by atoms with E-state index < -0.39 is 0 Å². The molecule has 19 heavy (non-hydrogen) atoms. The Morgan fingerprint density at radius 3 is 0.947 bits per heavy atom. The quantitative estimate of drug-likeness (QED) is 0.539. The van der Waals surface area contributed by atoms with Gasteiger partial charge in [0.25, 0.3) is 0 Å². The zero-order valence-electron chi connectivity index (χ0n) is 12.1. The highest BCUT2D eigenvalue weighted by atomic mass is 14.0. The minimum Gasteiger partial charge on any atom is -0.0623 e. The van der Waals surface area contributed by atoms with Crippen LogP contribution < -0.4 is 0 Å². The standard InChI is InChI=1S/C7H8.C6H12.C6H6/c1-7-5-3-2-4-6-7;2*1-2-4-6-5-3-1/h2-6H,1H3;1-6H2;1-6H. The Morgan fingerprint density at radius 2 is 0.737 bits per heavy atom. The van der Waals surface area contributed by atoms with Crippen molar-refractivity contribution in [3.05, 3.63) is 72.3 Å². The summed E-state index contributed by atoms with van der Waals surface area (Å²) in [6.07, 6.45) is 9.00. The van der Waals surface area contributed by atoms with Gasteiger partial charge >= 0.3 is 0 Å². The van der Waals surface area contributed by atoms with Gasteiger partial charge in [-0.2, -0.15) is 0 Å². The predicted octanol–water partition coefficient (Wildman–Crippen LogP) is 6.02. The largest absolute Gasteiger partial charge is 0.0623 e. The summed E-state index contributed by atoms with van der Waals surface area (Å²) < 4.78 is 0. The van der Waals surface area contributed by atoms with Gasteiger partial charge in [0, 0.05) is 0 Å². The van der Waals surface area contributed by atoms with Crippen molar-refractivity contribution in [2.45, 2.75) is 45.4 Å². The molecule has 0 aliphatic heterocycles. The summed E-state index contributed by atoms with van der Waals surface area (Å²) >= 11 is 0. The van der Waals surface area contributed by atoms with E-state index in [4.69, 9.17) is 0 Å². The molecule has 0 heterocycles. The molecule has 0 bridgehead atoms. The maximum Gasteiger partial charge on any atom is -0.0398 e. The van der Waals surface area contributed by atoms with Crippen LogP contribution in [-0.2, 0) is 0 Å². The summed E-state index contributed by atoms with van der Waals surface area (Å²) in [7, 11) is 0. The molecule has 2 aromatic rings. The lowest BCUT2D eigenvalue weighted by Gasteiger charge is -2.05. The molecular weight excluding hydrogens is 228 g/mol. The van der Waals surface area contributed by atoms with Crippen LogP contribution in [0.2, 0.25) is 0 Å². The summed E-state index contributed by atoms with van der Waals surface area (Å²) in [5, 5.41) is 0. The smallest absolute Gasteiger partial charge is 0.0398 e. The average Bonchev–Trinajstić information content (AvgIpc) is 2.53. The Bertz CT molecular complexity index is 335. The molecule has 0 heteroatoms. The van der Waals surface area contributed by atoms with Crippen molar-refractivity contribution in [1.82, 2.24) is 0 Å². The minimum atomic E-state index is 1.32. The number of rotatable bonds is 0. The lowest BCUT2D eigenvalue weighted by atomic mass is 10.0. The number of hydrogen-bond donors (Lipinski definition) is 0. The van der Waals surface area contributed by atoms with Crippen LogP contribution in [0.1, 0.15) is 44.1 Å². The van der Waals surface area contributed by atoms with Gasteiger partial charge in [-0.05, 0) is 6.92 Å². The van der Waals surface area contributed by atoms with E-state index in [0.717, 1.165) is 0 Å². The molecule has 3 rings (SSSR count). The van der Waals surface area contributed by atoms with E-state index in [1.54, 1.807) is 0 Å². The Balaban J connectivity index is 0.000000143. The Labute approximate surface area is 118 Å². The van der Waals surface area contributed by atoms with Crippen molar-refractivity contribution >= 4 is 0 Å². The molecular formula is C19H26. The van der Waals surface area contributed by atoms with E-state index in [1.165, 1.54) is 44.1 Å². The van der Waals surface area contributed by atoms with Gasteiger partial charge in [0.2, 0.25) is 0 Å². The molecule has 0 amide bonds. The van der Waals surface area contributed by atoms with E-state index in [-0.39, 0.29) is 0 Å².